The Balaban J connectivity index is 1.18. The van der Waals surface area contributed by atoms with Crippen molar-refractivity contribution in [2.24, 2.45) is 0 Å². The molecule has 4 aromatic rings. The predicted octanol–water partition coefficient (Wildman–Crippen LogP) is 4.54. The summed E-state index contributed by atoms with van der Waals surface area (Å²) in [6.07, 6.45) is 0.994. The lowest BCUT2D eigenvalue weighted by molar-refractivity contribution is -0.118. The predicted molar refractivity (Wildman–Crippen MR) is 130 cm³/mol. The molecule has 2 aliphatic rings. The molecule has 7 heteroatoms. The highest BCUT2D eigenvalue weighted by molar-refractivity contribution is 5.93. The van der Waals surface area contributed by atoms with Crippen LogP contribution in [0.1, 0.15) is 11.1 Å². The Morgan fingerprint density at radius 2 is 1.85 bits per heavy atom. The zero-order valence-electron chi connectivity index (χ0n) is 18.5. The van der Waals surface area contributed by atoms with Gasteiger partial charge in [0.2, 0.25) is 6.79 Å². The van der Waals surface area contributed by atoms with Crippen molar-refractivity contribution in [1.29, 1.82) is 0 Å². The molecule has 7 nitrogen and oxygen atoms in total. The van der Waals surface area contributed by atoms with Crippen molar-refractivity contribution in [1.82, 2.24) is 4.98 Å². The average Bonchev–Trinajstić information content (AvgIpc) is 3.35. The molecule has 2 aliphatic heterocycles. The van der Waals surface area contributed by atoms with E-state index in [-0.39, 0.29) is 19.3 Å². The molecule has 1 N–H and O–H groups in total. The van der Waals surface area contributed by atoms with Gasteiger partial charge in [0.1, 0.15) is 17.1 Å². The van der Waals surface area contributed by atoms with Gasteiger partial charge in [0.25, 0.3) is 5.91 Å². The Labute approximate surface area is 196 Å². The molecular formula is C27H23N3O4. The van der Waals surface area contributed by atoms with E-state index in [1.54, 1.807) is 18.2 Å². The van der Waals surface area contributed by atoms with Crippen molar-refractivity contribution in [3.8, 4) is 17.2 Å². The van der Waals surface area contributed by atoms with E-state index in [0.29, 0.717) is 22.9 Å². The summed E-state index contributed by atoms with van der Waals surface area (Å²) in [7, 11) is 0. The zero-order chi connectivity index (χ0) is 22.9. The number of nitrogens with one attached hydrogen (secondary N) is 1. The van der Waals surface area contributed by atoms with Gasteiger partial charge in [-0.15, -0.1) is 0 Å². The number of ether oxygens (including phenoxy) is 3. The van der Waals surface area contributed by atoms with Crippen LogP contribution in [0.25, 0.3) is 10.9 Å². The minimum Gasteiger partial charge on any atom is -0.481 e. The van der Waals surface area contributed by atoms with Crippen LogP contribution in [0.4, 0.5) is 11.5 Å². The first-order valence-corrected chi connectivity index (χ1v) is 11.3. The maximum Gasteiger partial charge on any atom is 0.262 e. The van der Waals surface area contributed by atoms with E-state index in [9.17, 15) is 4.79 Å². The molecule has 0 saturated heterocycles. The minimum atomic E-state index is -0.264. The van der Waals surface area contributed by atoms with Gasteiger partial charge in [0, 0.05) is 30.2 Å². The number of hydrogen-bond donors (Lipinski definition) is 1. The number of carbonyl (C=O) groups is 1. The Hall–Kier alpha value is -4.26. The standard InChI is InChI=1S/C27H23N3O4/c31-26(28-21-9-10-22-24(14-21)34-17-33-22)16-32-23-7-3-6-19-8-11-25(29-27(19)23)30-13-12-18-4-1-2-5-20(18)15-30/h1-11,14H,12-13,15-17H2,(H,28,31). The summed E-state index contributed by atoms with van der Waals surface area (Å²) in [5.74, 6) is 2.51. The van der Waals surface area contributed by atoms with Crippen LogP contribution in [0.5, 0.6) is 17.2 Å². The maximum absolute atomic E-state index is 12.5. The summed E-state index contributed by atoms with van der Waals surface area (Å²) in [6.45, 7) is 1.80. The van der Waals surface area contributed by atoms with Gasteiger partial charge in [-0.1, -0.05) is 36.4 Å². The number of pyridine rings is 1. The molecule has 0 unspecified atom stereocenters. The first kappa shape index (κ1) is 20.4. The summed E-state index contributed by atoms with van der Waals surface area (Å²) in [5, 5.41) is 3.80. The van der Waals surface area contributed by atoms with Crippen LogP contribution in [0.2, 0.25) is 0 Å². The van der Waals surface area contributed by atoms with Crippen LogP contribution in [0, 0.1) is 0 Å². The van der Waals surface area contributed by atoms with Crippen LogP contribution in [-0.2, 0) is 17.8 Å². The van der Waals surface area contributed by atoms with E-state index >= 15 is 0 Å². The van der Waals surface area contributed by atoms with E-state index in [0.717, 1.165) is 36.2 Å². The lowest BCUT2D eigenvalue weighted by atomic mass is 10.00. The molecule has 3 heterocycles. The van der Waals surface area contributed by atoms with Crippen LogP contribution in [-0.4, -0.2) is 30.8 Å². The quantitative estimate of drug-likeness (QED) is 0.478. The molecule has 0 saturated carbocycles. The van der Waals surface area contributed by atoms with Gasteiger partial charge < -0.3 is 24.4 Å². The molecule has 1 aromatic heterocycles. The van der Waals surface area contributed by atoms with Crippen LogP contribution >= 0.6 is 0 Å². The number of rotatable bonds is 5. The molecule has 1 amide bonds. The third-order valence-electron chi connectivity index (χ3n) is 6.14. The monoisotopic (exact) mass is 453 g/mol. The van der Waals surface area contributed by atoms with Gasteiger partial charge in [0.15, 0.2) is 18.1 Å². The van der Waals surface area contributed by atoms with Crippen molar-refractivity contribution in [2.45, 2.75) is 13.0 Å². The molecule has 0 bridgehead atoms. The number of anilines is 2. The summed E-state index contributed by atoms with van der Waals surface area (Å²) in [4.78, 5) is 19.7. The van der Waals surface area contributed by atoms with Crippen molar-refractivity contribution in [3.63, 3.8) is 0 Å². The molecule has 0 fully saturated rings. The number of amides is 1. The second-order valence-electron chi connectivity index (χ2n) is 8.34. The van der Waals surface area contributed by atoms with Gasteiger partial charge in [0.05, 0.1) is 0 Å². The number of benzene rings is 3. The van der Waals surface area contributed by atoms with E-state index < -0.39 is 0 Å². The van der Waals surface area contributed by atoms with Gasteiger partial charge in [-0.2, -0.15) is 0 Å². The average molecular weight is 453 g/mol. The van der Waals surface area contributed by atoms with Gasteiger partial charge in [-0.3, -0.25) is 4.79 Å². The fourth-order valence-corrected chi connectivity index (χ4v) is 4.41. The first-order chi connectivity index (χ1) is 16.7. The van der Waals surface area contributed by atoms with Crippen molar-refractivity contribution in [3.05, 3.63) is 83.9 Å². The van der Waals surface area contributed by atoms with Crippen molar-refractivity contribution in [2.75, 3.05) is 30.2 Å². The Morgan fingerprint density at radius 1 is 0.971 bits per heavy atom. The summed E-state index contributed by atoms with van der Waals surface area (Å²) >= 11 is 0. The third kappa shape index (κ3) is 3.96. The van der Waals surface area contributed by atoms with Crippen LogP contribution < -0.4 is 24.4 Å². The molecule has 0 atom stereocenters. The lowest BCUT2D eigenvalue weighted by Crippen LogP contribution is -2.30. The second-order valence-corrected chi connectivity index (χ2v) is 8.34. The van der Waals surface area contributed by atoms with Crippen molar-refractivity contribution < 1.29 is 19.0 Å². The SMILES string of the molecule is O=C(COc1cccc2ccc(N3CCc4ccccc4C3)nc12)Nc1ccc2c(c1)OCO2. The van der Waals surface area contributed by atoms with E-state index in [1.807, 2.05) is 24.3 Å². The first-order valence-electron chi connectivity index (χ1n) is 11.3. The fourth-order valence-electron chi connectivity index (χ4n) is 4.41. The van der Waals surface area contributed by atoms with Gasteiger partial charge >= 0.3 is 0 Å². The number of aromatic nitrogens is 1. The van der Waals surface area contributed by atoms with Crippen LogP contribution in [0.15, 0.2) is 72.8 Å². The number of fused-ring (bicyclic) bond motifs is 3. The molecule has 3 aromatic carbocycles. The Morgan fingerprint density at radius 3 is 2.79 bits per heavy atom. The largest absolute Gasteiger partial charge is 0.481 e. The highest BCUT2D eigenvalue weighted by atomic mass is 16.7. The van der Waals surface area contributed by atoms with E-state index in [4.69, 9.17) is 19.2 Å². The molecular weight excluding hydrogens is 430 g/mol. The molecule has 6 rings (SSSR count). The minimum absolute atomic E-state index is 0.128. The number of para-hydroxylation sites is 1. The summed E-state index contributed by atoms with van der Waals surface area (Å²) in [6, 6.07) is 23.7. The highest BCUT2D eigenvalue weighted by Gasteiger charge is 2.18. The zero-order valence-corrected chi connectivity index (χ0v) is 18.5. The molecule has 170 valence electrons. The Bertz CT molecular complexity index is 1390. The number of hydrogen-bond acceptors (Lipinski definition) is 6. The van der Waals surface area contributed by atoms with E-state index in [2.05, 4.69) is 40.5 Å². The number of nitrogens with zero attached hydrogens (tertiary/aromatic N) is 2. The molecule has 0 spiro atoms. The van der Waals surface area contributed by atoms with E-state index in [1.165, 1.54) is 11.1 Å². The van der Waals surface area contributed by atoms with Crippen LogP contribution in [0.3, 0.4) is 0 Å². The van der Waals surface area contributed by atoms with Gasteiger partial charge in [-0.05, 0) is 47.9 Å². The van der Waals surface area contributed by atoms with Gasteiger partial charge in [-0.25, -0.2) is 4.98 Å². The second kappa shape index (κ2) is 8.59. The smallest absolute Gasteiger partial charge is 0.262 e. The molecule has 0 aliphatic carbocycles. The topological polar surface area (TPSA) is 72.9 Å². The third-order valence-corrected chi connectivity index (χ3v) is 6.14. The highest BCUT2D eigenvalue weighted by Crippen LogP contribution is 2.34. The normalized spacial score (nSPS) is 14.1. The van der Waals surface area contributed by atoms with Crippen molar-refractivity contribution >= 4 is 28.3 Å². The lowest BCUT2D eigenvalue weighted by Gasteiger charge is -2.30. The number of carbonyl (C=O) groups excluding carboxylic acids is 1. The Kier molecular flexibility index (Phi) is 5.14. The summed E-state index contributed by atoms with van der Waals surface area (Å²) in [5.41, 5.74) is 4.11. The molecule has 34 heavy (non-hydrogen) atoms. The maximum atomic E-state index is 12.5. The molecule has 0 radical (unpaired) electrons. The fraction of sp³-hybridized carbons (Fsp3) is 0.185. The summed E-state index contributed by atoms with van der Waals surface area (Å²) < 4.78 is 16.6.